The van der Waals surface area contributed by atoms with Gasteiger partial charge >= 0.3 is 0 Å². The van der Waals surface area contributed by atoms with Crippen molar-refractivity contribution >= 4 is 45.1 Å². The highest BCUT2D eigenvalue weighted by atomic mass is 32.2. The standard InChI is InChI=1S/C21H20N4O4S2/c26-18(12-31-20-14-5-10-30-19(14)22-13-23-20)24-6-8-25(9-7-24)21(27)17-11-28-15-3-1-2-4-16(15)29-17/h1-5,10,13,17H,6-9,11-12H2/t17-/m0/s1. The third kappa shape index (κ3) is 4.17. The van der Waals surface area contributed by atoms with Gasteiger partial charge in [0.15, 0.2) is 11.5 Å². The Morgan fingerprint density at radius 3 is 2.68 bits per heavy atom. The van der Waals surface area contributed by atoms with Crippen LogP contribution in [0.5, 0.6) is 11.5 Å². The van der Waals surface area contributed by atoms with Gasteiger partial charge in [0.2, 0.25) is 12.0 Å². The van der Waals surface area contributed by atoms with Crippen LogP contribution in [0, 0.1) is 0 Å². The largest absolute Gasteiger partial charge is 0.485 e. The zero-order valence-electron chi connectivity index (χ0n) is 16.6. The molecule has 10 heteroatoms. The highest BCUT2D eigenvalue weighted by molar-refractivity contribution is 8.00. The Balaban J connectivity index is 1.13. The molecule has 0 N–H and O–H groups in total. The number of aromatic nitrogens is 2. The molecule has 31 heavy (non-hydrogen) atoms. The average molecular weight is 457 g/mol. The van der Waals surface area contributed by atoms with E-state index in [4.69, 9.17) is 9.47 Å². The van der Waals surface area contributed by atoms with Gasteiger partial charge in [-0.1, -0.05) is 23.9 Å². The molecule has 4 heterocycles. The Bertz CT molecular complexity index is 1110. The van der Waals surface area contributed by atoms with Crippen molar-refractivity contribution in [3.05, 3.63) is 42.0 Å². The molecule has 0 spiro atoms. The maximum absolute atomic E-state index is 12.8. The molecule has 5 rings (SSSR count). The lowest BCUT2D eigenvalue weighted by Gasteiger charge is -2.37. The van der Waals surface area contributed by atoms with E-state index < -0.39 is 6.10 Å². The number of piperazine rings is 1. The third-order valence-electron chi connectivity index (χ3n) is 5.29. The second-order valence-corrected chi connectivity index (χ2v) is 9.04. The number of nitrogens with zero attached hydrogens (tertiary/aromatic N) is 4. The molecule has 1 atom stereocenters. The van der Waals surface area contributed by atoms with E-state index in [1.165, 1.54) is 18.1 Å². The van der Waals surface area contributed by atoms with Crippen LogP contribution in [0.4, 0.5) is 0 Å². The van der Waals surface area contributed by atoms with Crippen molar-refractivity contribution in [3.63, 3.8) is 0 Å². The maximum Gasteiger partial charge on any atom is 0.267 e. The average Bonchev–Trinajstić information content (AvgIpc) is 3.31. The summed E-state index contributed by atoms with van der Waals surface area (Å²) in [6.07, 6.45) is 0.879. The van der Waals surface area contributed by atoms with Gasteiger partial charge in [0, 0.05) is 31.6 Å². The zero-order valence-corrected chi connectivity index (χ0v) is 18.2. The summed E-state index contributed by atoms with van der Waals surface area (Å²) in [5, 5.41) is 3.78. The molecule has 2 aliphatic heterocycles. The first-order valence-corrected chi connectivity index (χ1v) is 11.8. The number of hydrogen-bond acceptors (Lipinski definition) is 8. The number of thioether (sulfide) groups is 1. The smallest absolute Gasteiger partial charge is 0.267 e. The summed E-state index contributed by atoms with van der Waals surface area (Å²) in [5.41, 5.74) is 0. The van der Waals surface area contributed by atoms with E-state index in [0.29, 0.717) is 43.4 Å². The van der Waals surface area contributed by atoms with Crippen LogP contribution in [0.1, 0.15) is 0 Å². The first kappa shape index (κ1) is 20.1. The maximum atomic E-state index is 12.8. The van der Waals surface area contributed by atoms with Gasteiger partial charge in [-0.25, -0.2) is 9.97 Å². The lowest BCUT2D eigenvalue weighted by Crippen LogP contribution is -2.55. The number of carbonyl (C=O) groups is 2. The summed E-state index contributed by atoms with van der Waals surface area (Å²) in [5.74, 6) is 1.50. The lowest BCUT2D eigenvalue weighted by molar-refractivity contribution is -0.145. The van der Waals surface area contributed by atoms with Gasteiger partial charge in [0.25, 0.3) is 5.91 Å². The quantitative estimate of drug-likeness (QED) is 0.440. The fraction of sp³-hybridized carbons (Fsp3) is 0.333. The summed E-state index contributed by atoms with van der Waals surface area (Å²) >= 11 is 2.99. The van der Waals surface area contributed by atoms with Crippen molar-refractivity contribution in [1.82, 2.24) is 19.8 Å². The van der Waals surface area contributed by atoms with E-state index >= 15 is 0 Å². The molecule has 3 aromatic rings. The molecular formula is C21H20N4O4S2. The molecule has 0 aliphatic carbocycles. The molecule has 8 nitrogen and oxygen atoms in total. The molecule has 2 aliphatic rings. The number of hydrogen-bond donors (Lipinski definition) is 0. The highest BCUT2D eigenvalue weighted by Crippen LogP contribution is 2.31. The molecule has 1 fully saturated rings. The van der Waals surface area contributed by atoms with E-state index in [0.717, 1.165) is 15.2 Å². The summed E-state index contributed by atoms with van der Waals surface area (Å²) in [6, 6.07) is 9.31. The van der Waals surface area contributed by atoms with Crippen molar-refractivity contribution in [2.24, 2.45) is 0 Å². The van der Waals surface area contributed by atoms with E-state index in [-0.39, 0.29) is 18.4 Å². The van der Waals surface area contributed by atoms with Crippen LogP contribution in [-0.2, 0) is 9.59 Å². The zero-order chi connectivity index (χ0) is 21.2. The molecule has 0 bridgehead atoms. The third-order valence-corrected chi connectivity index (χ3v) is 7.10. The topological polar surface area (TPSA) is 84.9 Å². The van der Waals surface area contributed by atoms with E-state index in [1.807, 2.05) is 29.6 Å². The number of fused-ring (bicyclic) bond motifs is 2. The second-order valence-electron chi connectivity index (χ2n) is 7.18. The summed E-state index contributed by atoms with van der Waals surface area (Å²) in [4.78, 5) is 38.5. The second kappa shape index (κ2) is 8.72. The van der Waals surface area contributed by atoms with Crippen molar-refractivity contribution in [1.29, 1.82) is 0 Å². The van der Waals surface area contributed by atoms with Crippen LogP contribution in [0.2, 0.25) is 0 Å². The summed E-state index contributed by atoms with van der Waals surface area (Å²) in [7, 11) is 0. The number of ether oxygens (including phenoxy) is 2. The van der Waals surface area contributed by atoms with Crippen molar-refractivity contribution in [2.75, 3.05) is 38.5 Å². The van der Waals surface area contributed by atoms with Crippen LogP contribution >= 0.6 is 23.1 Å². The number of amides is 2. The highest BCUT2D eigenvalue weighted by Gasteiger charge is 2.33. The summed E-state index contributed by atoms with van der Waals surface area (Å²) < 4.78 is 11.5. The van der Waals surface area contributed by atoms with Gasteiger partial charge in [-0.05, 0) is 23.6 Å². The van der Waals surface area contributed by atoms with Crippen LogP contribution in [0.25, 0.3) is 10.2 Å². The van der Waals surface area contributed by atoms with E-state index in [2.05, 4.69) is 9.97 Å². The number of thiophene rings is 1. The first-order valence-electron chi connectivity index (χ1n) is 9.95. The number of para-hydroxylation sites is 2. The van der Waals surface area contributed by atoms with Crippen molar-refractivity contribution < 1.29 is 19.1 Å². The van der Waals surface area contributed by atoms with E-state index in [1.54, 1.807) is 27.2 Å². The molecule has 1 saturated heterocycles. The predicted molar refractivity (Wildman–Crippen MR) is 118 cm³/mol. The van der Waals surface area contributed by atoms with Crippen molar-refractivity contribution in [2.45, 2.75) is 11.1 Å². The van der Waals surface area contributed by atoms with Crippen LogP contribution < -0.4 is 9.47 Å². The van der Waals surface area contributed by atoms with E-state index in [9.17, 15) is 9.59 Å². The predicted octanol–water partition coefficient (Wildman–Crippen LogP) is 2.29. The minimum absolute atomic E-state index is 0.0465. The number of carbonyl (C=O) groups excluding carboxylic acids is 2. The summed E-state index contributed by atoms with van der Waals surface area (Å²) in [6.45, 7) is 2.18. The fourth-order valence-electron chi connectivity index (χ4n) is 3.62. The Hall–Kier alpha value is -2.85. The first-order chi connectivity index (χ1) is 15.2. The normalized spacial score (nSPS) is 18.3. The van der Waals surface area contributed by atoms with Crippen LogP contribution in [-0.4, -0.2) is 76.2 Å². The molecule has 0 unspecified atom stereocenters. The Labute approximate surface area is 187 Å². The Morgan fingerprint density at radius 1 is 1.06 bits per heavy atom. The SMILES string of the molecule is O=C(CSc1ncnc2sccc12)N1CCN(C(=O)[C@@H]2COc3ccccc3O2)CC1. The van der Waals surface area contributed by atoms with Gasteiger partial charge in [-0.2, -0.15) is 0 Å². The van der Waals surface area contributed by atoms with Gasteiger partial charge in [0.1, 0.15) is 22.8 Å². The fourth-order valence-corrected chi connectivity index (χ4v) is 5.31. The number of rotatable bonds is 4. The molecule has 2 amide bonds. The molecule has 160 valence electrons. The van der Waals surface area contributed by atoms with Gasteiger partial charge in [0.05, 0.1) is 5.75 Å². The molecular weight excluding hydrogens is 436 g/mol. The van der Waals surface area contributed by atoms with Crippen molar-refractivity contribution in [3.8, 4) is 11.5 Å². The molecule has 2 aromatic heterocycles. The molecule has 0 saturated carbocycles. The Kier molecular flexibility index (Phi) is 5.65. The Morgan fingerprint density at radius 2 is 1.84 bits per heavy atom. The molecule has 0 radical (unpaired) electrons. The van der Waals surface area contributed by atoms with Gasteiger partial charge in [-0.3, -0.25) is 9.59 Å². The van der Waals surface area contributed by atoms with Gasteiger partial charge < -0.3 is 19.3 Å². The van der Waals surface area contributed by atoms with Gasteiger partial charge in [-0.15, -0.1) is 11.3 Å². The molecule has 1 aromatic carbocycles. The minimum atomic E-state index is -0.654. The van der Waals surface area contributed by atoms with Crippen LogP contribution in [0.15, 0.2) is 47.1 Å². The lowest BCUT2D eigenvalue weighted by atomic mass is 10.2. The van der Waals surface area contributed by atoms with Crippen LogP contribution in [0.3, 0.4) is 0 Å². The minimum Gasteiger partial charge on any atom is -0.485 e. The number of benzene rings is 1. The monoisotopic (exact) mass is 456 g/mol.